The zero-order chi connectivity index (χ0) is 10.6. The summed E-state index contributed by atoms with van der Waals surface area (Å²) in [7, 11) is 0. The van der Waals surface area contributed by atoms with Crippen LogP contribution in [0.3, 0.4) is 0 Å². The Morgan fingerprint density at radius 3 is 2.43 bits per heavy atom. The molecule has 0 spiro atoms. The second-order valence-corrected chi connectivity index (χ2v) is 3.27. The summed E-state index contributed by atoms with van der Waals surface area (Å²) in [5.74, 6) is -0.758. The molecule has 6 nitrogen and oxygen atoms in total. The van der Waals surface area contributed by atoms with E-state index in [1.807, 2.05) is 0 Å². The van der Waals surface area contributed by atoms with Crippen LogP contribution in [0.15, 0.2) is 0 Å². The quantitative estimate of drug-likeness (QED) is 0.531. The van der Waals surface area contributed by atoms with Crippen LogP contribution in [-0.2, 0) is 9.59 Å². The molecule has 0 aromatic rings. The zero-order valence-corrected chi connectivity index (χ0v) is 7.98. The molecule has 1 radical (unpaired) electrons. The van der Waals surface area contributed by atoms with Gasteiger partial charge in [-0.1, -0.05) is 0 Å². The second kappa shape index (κ2) is 4.92. The minimum atomic E-state index is -0.800. The van der Waals surface area contributed by atoms with Gasteiger partial charge in [-0.25, -0.2) is 5.32 Å². The van der Waals surface area contributed by atoms with Crippen LogP contribution in [0.25, 0.3) is 0 Å². The van der Waals surface area contributed by atoms with Crippen molar-refractivity contribution in [1.29, 1.82) is 0 Å². The fraction of sp³-hybridized carbons (Fsp3) is 0.750. The van der Waals surface area contributed by atoms with E-state index in [2.05, 4.69) is 5.32 Å². The molecule has 1 fully saturated rings. The molecule has 14 heavy (non-hydrogen) atoms. The van der Waals surface area contributed by atoms with Gasteiger partial charge in [0.1, 0.15) is 0 Å². The first kappa shape index (κ1) is 10.9. The summed E-state index contributed by atoms with van der Waals surface area (Å²) in [5, 5.41) is 4.10. The van der Waals surface area contributed by atoms with Gasteiger partial charge in [-0.3, -0.25) is 9.59 Å². The van der Waals surface area contributed by atoms with Crippen molar-refractivity contribution < 1.29 is 9.59 Å². The van der Waals surface area contributed by atoms with Crippen LogP contribution in [0.2, 0.25) is 0 Å². The highest BCUT2D eigenvalue weighted by molar-refractivity contribution is 5.87. The zero-order valence-electron chi connectivity index (χ0n) is 7.98. The third-order valence-corrected chi connectivity index (χ3v) is 2.11. The average Bonchev–Trinajstić information content (AvgIpc) is 2.17. The third kappa shape index (κ3) is 2.97. The largest absolute Gasteiger partial charge is 0.370 e. The Hall–Kier alpha value is -1.14. The number of hydrogen-bond donors (Lipinski definition) is 2. The Morgan fingerprint density at radius 2 is 1.93 bits per heavy atom. The number of carbonyl (C=O) groups excluding carboxylic acids is 2. The normalized spacial score (nSPS) is 19.1. The summed E-state index contributed by atoms with van der Waals surface area (Å²) in [6.07, 6.45) is -0.0908. The van der Waals surface area contributed by atoms with Crippen molar-refractivity contribution in [3.63, 3.8) is 0 Å². The molecule has 2 amide bonds. The van der Waals surface area contributed by atoms with Gasteiger partial charge >= 0.3 is 0 Å². The van der Waals surface area contributed by atoms with Gasteiger partial charge in [0.25, 0.3) is 0 Å². The summed E-state index contributed by atoms with van der Waals surface area (Å²) in [6, 6.07) is -0.800. The molecule has 0 bridgehead atoms. The van der Waals surface area contributed by atoms with Crippen LogP contribution >= 0.6 is 0 Å². The average molecular weight is 199 g/mol. The predicted molar refractivity (Wildman–Crippen MR) is 50.2 cm³/mol. The van der Waals surface area contributed by atoms with E-state index >= 15 is 0 Å². The van der Waals surface area contributed by atoms with Crippen LogP contribution in [0.4, 0.5) is 0 Å². The Bertz CT molecular complexity index is 225. The molecule has 1 atom stereocenters. The van der Waals surface area contributed by atoms with Crippen molar-refractivity contribution in [2.75, 3.05) is 26.2 Å². The number of nitrogens with zero attached hydrogens (tertiary/aromatic N) is 2. The molecule has 79 valence electrons. The SMILES string of the molecule is NC(=O)CC(N)C(=O)N1CC[N]CC1. The van der Waals surface area contributed by atoms with E-state index in [1.54, 1.807) is 4.90 Å². The van der Waals surface area contributed by atoms with Crippen molar-refractivity contribution in [2.45, 2.75) is 12.5 Å². The smallest absolute Gasteiger partial charge is 0.240 e. The number of carbonyl (C=O) groups is 2. The summed E-state index contributed by atoms with van der Waals surface area (Å²) < 4.78 is 0. The van der Waals surface area contributed by atoms with Gasteiger partial charge in [0.2, 0.25) is 11.8 Å². The van der Waals surface area contributed by atoms with E-state index in [4.69, 9.17) is 11.5 Å². The summed E-state index contributed by atoms with van der Waals surface area (Å²) in [4.78, 5) is 23.8. The first-order valence-corrected chi connectivity index (χ1v) is 4.57. The number of primary amides is 1. The number of amides is 2. The molecule has 1 saturated heterocycles. The van der Waals surface area contributed by atoms with Crippen molar-refractivity contribution in [1.82, 2.24) is 10.2 Å². The lowest BCUT2D eigenvalue weighted by Crippen LogP contribution is -2.51. The van der Waals surface area contributed by atoms with Gasteiger partial charge in [0, 0.05) is 26.2 Å². The van der Waals surface area contributed by atoms with Crippen molar-refractivity contribution in [3.8, 4) is 0 Å². The Balaban J connectivity index is 2.42. The minimum Gasteiger partial charge on any atom is -0.370 e. The number of nitrogens with two attached hydrogens (primary N) is 2. The van der Waals surface area contributed by atoms with Crippen LogP contribution < -0.4 is 16.8 Å². The van der Waals surface area contributed by atoms with Crippen LogP contribution in [0.1, 0.15) is 6.42 Å². The summed E-state index contributed by atoms with van der Waals surface area (Å²) >= 11 is 0. The predicted octanol–water partition coefficient (Wildman–Crippen LogP) is -2.36. The van der Waals surface area contributed by atoms with Gasteiger partial charge in [-0.2, -0.15) is 0 Å². The van der Waals surface area contributed by atoms with Gasteiger partial charge in [-0.05, 0) is 0 Å². The van der Waals surface area contributed by atoms with E-state index in [-0.39, 0.29) is 12.3 Å². The van der Waals surface area contributed by atoms with E-state index in [0.717, 1.165) is 0 Å². The van der Waals surface area contributed by atoms with Gasteiger partial charge in [-0.15, -0.1) is 0 Å². The highest BCUT2D eigenvalue weighted by Crippen LogP contribution is 1.99. The highest BCUT2D eigenvalue weighted by atomic mass is 16.2. The molecule has 1 unspecified atom stereocenters. The number of piperazine rings is 1. The number of rotatable bonds is 3. The minimum absolute atomic E-state index is 0.0908. The lowest BCUT2D eigenvalue weighted by Gasteiger charge is -2.28. The third-order valence-electron chi connectivity index (χ3n) is 2.11. The topological polar surface area (TPSA) is 104 Å². The molecular weight excluding hydrogens is 184 g/mol. The fourth-order valence-corrected chi connectivity index (χ4v) is 1.37. The molecule has 0 saturated carbocycles. The van der Waals surface area contributed by atoms with Crippen LogP contribution in [0, 0.1) is 0 Å². The van der Waals surface area contributed by atoms with Crippen LogP contribution in [0.5, 0.6) is 0 Å². The number of hydrogen-bond acceptors (Lipinski definition) is 3. The van der Waals surface area contributed by atoms with Crippen LogP contribution in [-0.4, -0.2) is 48.9 Å². The van der Waals surface area contributed by atoms with Crippen molar-refractivity contribution in [3.05, 3.63) is 0 Å². The monoisotopic (exact) mass is 199 g/mol. The van der Waals surface area contributed by atoms with Crippen molar-refractivity contribution in [2.24, 2.45) is 11.5 Å². The molecule has 1 rings (SSSR count). The highest BCUT2D eigenvalue weighted by Gasteiger charge is 2.23. The molecule has 0 aromatic heterocycles. The van der Waals surface area contributed by atoms with Gasteiger partial charge in [0.05, 0.1) is 12.5 Å². The van der Waals surface area contributed by atoms with E-state index in [0.29, 0.717) is 26.2 Å². The molecule has 6 heteroatoms. The maximum Gasteiger partial charge on any atom is 0.240 e. The van der Waals surface area contributed by atoms with Gasteiger partial charge < -0.3 is 16.4 Å². The lowest BCUT2D eigenvalue weighted by molar-refractivity contribution is -0.135. The van der Waals surface area contributed by atoms with Gasteiger partial charge in [0.15, 0.2) is 0 Å². The molecule has 0 aliphatic carbocycles. The fourth-order valence-electron chi connectivity index (χ4n) is 1.37. The molecule has 0 aromatic carbocycles. The van der Waals surface area contributed by atoms with Crippen molar-refractivity contribution >= 4 is 11.8 Å². The molecule has 1 aliphatic rings. The lowest BCUT2D eigenvalue weighted by atomic mass is 10.1. The molecule has 4 N–H and O–H groups in total. The molecular formula is C8H15N4O2. The maximum atomic E-state index is 11.6. The Labute approximate surface area is 82.6 Å². The Kier molecular flexibility index (Phi) is 3.84. The molecule has 1 aliphatic heterocycles. The first-order valence-electron chi connectivity index (χ1n) is 4.57. The standard InChI is InChI=1S/C8H15N4O2/c9-6(5-7(10)13)8(14)12-3-1-11-2-4-12/h6H,1-5,9H2,(H2,10,13). The Morgan fingerprint density at radius 1 is 1.36 bits per heavy atom. The van der Waals surface area contributed by atoms with E-state index < -0.39 is 11.9 Å². The maximum absolute atomic E-state index is 11.6. The van der Waals surface area contributed by atoms with E-state index in [9.17, 15) is 9.59 Å². The van der Waals surface area contributed by atoms with E-state index in [1.165, 1.54) is 0 Å². The second-order valence-electron chi connectivity index (χ2n) is 3.27. The summed E-state index contributed by atoms with van der Waals surface area (Å²) in [6.45, 7) is 2.47. The first-order chi connectivity index (χ1) is 6.61. The summed E-state index contributed by atoms with van der Waals surface area (Å²) in [5.41, 5.74) is 10.5. The molecule has 1 heterocycles.